The van der Waals surface area contributed by atoms with E-state index in [0.29, 0.717) is 73.8 Å². The van der Waals surface area contributed by atoms with Crippen LogP contribution in [0.4, 0.5) is 32.3 Å². The van der Waals surface area contributed by atoms with Crippen LogP contribution in [-0.4, -0.2) is 71.4 Å². The molecule has 1 fully saturated rings. The maximum absolute atomic E-state index is 14.5. The number of benzene rings is 6. The van der Waals surface area contributed by atoms with Crippen molar-refractivity contribution < 1.29 is 34.1 Å². The van der Waals surface area contributed by atoms with E-state index < -0.39 is 18.3 Å². The van der Waals surface area contributed by atoms with E-state index in [-0.39, 0.29) is 36.1 Å². The molecule has 0 unspecified atom stereocenters. The molecule has 6 aromatic carbocycles. The summed E-state index contributed by atoms with van der Waals surface area (Å²) in [4.78, 5) is 55.7. The first-order valence-electron chi connectivity index (χ1n) is 20.9. The number of ether oxygens (including phenoxy) is 1. The predicted molar refractivity (Wildman–Crippen MR) is 245 cm³/mol. The smallest absolute Gasteiger partial charge is 0.434 e. The van der Waals surface area contributed by atoms with E-state index in [1.165, 1.54) is 0 Å². The Labute approximate surface area is 366 Å². The number of hydrogen-bond acceptors (Lipinski definition) is 8. The van der Waals surface area contributed by atoms with Crippen molar-refractivity contribution in [1.82, 2.24) is 10.2 Å². The summed E-state index contributed by atoms with van der Waals surface area (Å²) in [5.74, 6) is -0.137. The molecule has 13 heteroatoms. The average molecular weight is 847 g/mol. The molecule has 5 N–H and O–H groups in total. The van der Waals surface area contributed by atoms with E-state index in [1.54, 1.807) is 60.7 Å². The maximum Gasteiger partial charge on any atom is 0.434 e. The zero-order chi connectivity index (χ0) is 44.0. The number of hydrazine groups is 1. The Hall–Kier alpha value is -7.48. The number of para-hydroxylation sites is 2. The summed E-state index contributed by atoms with van der Waals surface area (Å²) in [6, 6.07) is 47.0. The molecule has 13 nitrogen and oxygen atoms in total. The lowest BCUT2D eigenvalue weighted by molar-refractivity contribution is -0.117. The summed E-state index contributed by atoms with van der Waals surface area (Å²) in [7, 11) is 0. The second kappa shape index (κ2) is 21.4. The Morgan fingerprint density at radius 2 is 1.14 bits per heavy atom. The summed E-state index contributed by atoms with van der Waals surface area (Å²) in [5, 5.41) is 31.4. The van der Waals surface area contributed by atoms with Crippen molar-refractivity contribution in [2.24, 2.45) is 0 Å². The quantitative estimate of drug-likeness (QED) is 0.0501. The average Bonchev–Trinajstić information content (AvgIpc) is 3.30. The molecule has 63 heavy (non-hydrogen) atoms. The fourth-order valence-corrected chi connectivity index (χ4v) is 7.50. The first-order valence-corrected chi connectivity index (χ1v) is 20.9. The third kappa shape index (κ3) is 11.9. The number of carbonyl (C=O) groups excluding carboxylic acids is 3. The van der Waals surface area contributed by atoms with Gasteiger partial charge in [-0.25, -0.2) is 9.59 Å². The van der Waals surface area contributed by atoms with E-state index >= 15 is 0 Å². The zero-order valence-electron chi connectivity index (χ0n) is 34.7. The van der Waals surface area contributed by atoms with Crippen LogP contribution in [0.5, 0.6) is 5.75 Å². The number of nitrogens with one attached hydrogen (secondary N) is 3. The van der Waals surface area contributed by atoms with Gasteiger partial charge in [0.05, 0.1) is 11.4 Å². The highest BCUT2D eigenvalue weighted by atomic mass is 16.6. The zero-order valence-corrected chi connectivity index (χ0v) is 34.7. The molecule has 0 radical (unpaired) electrons. The number of amides is 4. The fraction of sp³-hybridized carbons (Fsp3) is 0.200. The molecule has 0 atom stereocenters. The van der Waals surface area contributed by atoms with Gasteiger partial charge in [0.2, 0.25) is 11.8 Å². The highest BCUT2D eigenvalue weighted by Gasteiger charge is 2.36. The number of piperidine rings is 1. The lowest BCUT2D eigenvalue weighted by atomic mass is 10.0. The molecule has 0 saturated carbocycles. The largest absolute Gasteiger partial charge is 0.508 e. The van der Waals surface area contributed by atoms with Crippen LogP contribution in [0.2, 0.25) is 0 Å². The monoisotopic (exact) mass is 846 g/mol. The molecule has 1 aliphatic rings. The Morgan fingerprint density at radius 3 is 1.71 bits per heavy atom. The number of likely N-dealkylation sites (tertiary alicyclic amines) is 1. The molecule has 1 saturated heterocycles. The minimum atomic E-state index is -1.37. The van der Waals surface area contributed by atoms with E-state index in [9.17, 15) is 29.4 Å². The second-order valence-corrected chi connectivity index (χ2v) is 15.1. The minimum Gasteiger partial charge on any atom is -0.508 e. The molecule has 322 valence electrons. The van der Waals surface area contributed by atoms with Crippen LogP contribution in [0.1, 0.15) is 31.2 Å². The summed E-state index contributed by atoms with van der Waals surface area (Å²) in [6.07, 6.45) is -1.23. The molecule has 6 aromatic rings. The number of hydrogen-bond donors (Lipinski definition) is 5. The Morgan fingerprint density at radius 1 is 0.619 bits per heavy atom. The highest BCUT2D eigenvalue weighted by Crippen LogP contribution is 2.38. The van der Waals surface area contributed by atoms with E-state index in [1.807, 2.05) is 97.1 Å². The van der Waals surface area contributed by atoms with Gasteiger partial charge >= 0.3 is 12.2 Å². The Balaban J connectivity index is 0.953. The molecule has 4 amide bonds. The molecular weight excluding hydrogens is 797 g/mol. The summed E-state index contributed by atoms with van der Waals surface area (Å²) in [6.45, 7) is 2.66. The van der Waals surface area contributed by atoms with E-state index in [4.69, 9.17) is 4.74 Å². The van der Waals surface area contributed by atoms with Gasteiger partial charge < -0.3 is 35.8 Å². The lowest BCUT2D eigenvalue weighted by Crippen LogP contribution is -2.52. The number of rotatable bonds is 15. The fourth-order valence-electron chi connectivity index (χ4n) is 7.50. The van der Waals surface area contributed by atoms with Gasteiger partial charge in [0.25, 0.3) is 0 Å². The number of nitrogens with zero attached hydrogens (tertiary/aromatic N) is 3. The first kappa shape index (κ1) is 43.6. The molecule has 1 heterocycles. The van der Waals surface area contributed by atoms with E-state index in [2.05, 4.69) is 20.9 Å². The van der Waals surface area contributed by atoms with Gasteiger partial charge in [-0.15, -0.1) is 0 Å². The van der Waals surface area contributed by atoms with Crippen LogP contribution in [-0.2, 0) is 20.9 Å². The van der Waals surface area contributed by atoms with Gasteiger partial charge in [-0.1, -0.05) is 115 Å². The number of carbonyl (C=O) groups is 4. The molecular formula is C50H50N6O7. The molecule has 0 spiro atoms. The first-order chi connectivity index (χ1) is 30.7. The van der Waals surface area contributed by atoms with Crippen molar-refractivity contribution in [1.29, 1.82) is 0 Å². The molecule has 7 rings (SSSR count). The molecule has 0 aliphatic carbocycles. The number of phenolic OH excluding ortho intramolecular Hbond substituents is 1. The maximum atomic E-state index is 14.5. The standard InChI is InChI=1S/C50H50N6O7/c57-41-24-22-36(23-25-41)35-51-30-26-47(58)52-39-16-11-17-40(34-39)53-48(59)29-33-54-31-27-42(28-32-54)63-50(62)56(46-21-10-8-19-44(46)38-14-5-2-6-15-38)55(49(60)61)45-20-9-7-18-43(45)37-12-3-1-4-13-37/h1-25,34,42,51,57H,26-33,35H2,(H,52,58)(H,53,59)(H,60,61). The molecule has 0 bridgehead atoms. The van der Waals surface area contributed by atoms with Crippen LogP contribution in [0, 0.1) is 0 Å². The Bertz CT molecular complexity index is 2480. The topological polar surface area (TPSA) is 164 Å². The minimum absolute atomic E-state index is 0.164. The summed E-state index contributed by atoms with van der Waals surface area (Å²) >= 11 is 0. The summed E-state index contributed by atoms with van der Waals surface area (Å²) in [5.41, 5.74) is 5.61. The highest BCUT2D eigenvalue weighted by molar-refractivity contribution is 6.06. The predicted octanol–water partition coefficient (Wildman–Crippen LogP) is 9.38. The molecule has 1 aliphatic heterocycles. The van der Waals surface area contributed by atoms with Crippen LogP contribution in [0.3, 0.4) is 0 Å². The van der Waals surface area contributed by atoms with Crippen LogP contribution < -0.4 is 26.0 Å². The SMILES string of the molecule is O=C(CCNCc1ccc(O)cc1)Nc1cccc(NC(=O)CCN2CCC(OC(=O)N(c3ccccc3-c3ccccc3)N(C(=O)O)c3ccccc3-c3ccccc3)CC2)c1. The number of phenols is 1. The normalized spacial score (nSPS) is 12.8. The van der Waals surface area contributed by atoms with Crippen molar-refractivity contribution in [3.8, 4) is 28.0 Å². The van der Waals surface area contributed by atoms with E-state index in [0.717, 1.165) is 26.7 Å². The molecule has 0 aromatic heterocycles. The van der Waals surface area contributed by atoms with Gasteiger partial charge in [0, 0.05) is 68.1 Å². The van der Waals surface area contributed by atoms with Crippen molar-refractivity contribution in [3.63, 3.8) is 0 Å². The summed E-state index contributed by atoms with van der Waals surface area (Å²) < 4.78 is 6.17. The third-order valence-electron chi connectivity index (χ3n) is 10.7. The number of carboxylic acid groups (broad SMARTS) is 1. The Kier molecular flexibility index (Phi) is 14.8. The second-order valence-electron chi connectivity index (χ2n) is 15.1. The van der Waals surface area contributed by atoms with Crippen molar-refractivity contribution >= 4 is 46.8 Å². The van der Waals surface area contributed by atoms with Gasteiger partial charge in [-0.3, -0.25) is 9.59 Å². The lowest BCUT2D eigenvalue weighted by Gasteiger charge is -2.36. The van der Waals surface area contributed by atoms with Crippen molar-refractivity contribution in [2.75, 3.05) is 46.8 Å². The van der Waals surface area contributed by atoms with Gasteiger partial charge in [-0.05, 0) is 72.0 Å². The van der Waals surface area contributed by atoms with Gasteiger partial charge in [-0.2, -0.15) is 10.0 Å². The number of aromatic hydroxyl groups is 1. The van der Waals surface area contributed by atoms with Crippen molar-refractivity contribution in [2.45, 2.75) is 38.3 Å². The van der Waals surface area contributed by atoms with Crippen LogP contribution >= 0.6 is 0 Å². The third-order valence-corrected chi connectivity index (χ3v) is 10.7. The van der Waals surface area contributed by atoms with Crippen LogP contribution in [0.15, 0.2) is 158 Å². The van der Waals surface area contributed by atoms with Gasteiger partial charge in [0.15, 0.2) is 0 Å². The van der Waals surface area contributed by atoms with Crippen molar-refractivity contribution in [3.05, 3.63) is 163 Å². The van der Waals surface area contributed by atoms with Gasteiger partial charge in [0.1, 0.15) is 11.9 Å². The number of anilines is 4. The van der Waals surface area contributed by atoms with Crippen LogP contribution in [0.25, 0.3) is 22.3 Å².